The third kappa shape index (κ3) is 3.77. The third-order valence-corrected chi connectivity index (χ3v) is 2.98. The molecule has 3 aromatic rings. The summed E-state index contributed by atoms with van der Waals surface area (Å²) in [5.41, 5.74) is 9.38. The van der Waals surface area contributed by atoms with E-state index in [-0.39, 0.29) is 52.5 Å². The number of benzene rings is 1. The van der Waals surface area contributed by atoms with Gasteiger partial charge in [0, 0.05) is 65.2 Å². The van der Waals surface area contributed by atoms with E-state index < -0.39 is 0 Å². The van der Waals surface area contributed by atoms with Gasteiger partial charge in [0.25, 0.3) is 0 Å². The van der Waals surface area contributed by atoms with E-state index in [1.54, 1.807) is 12.3 Å². The van der Waals surface area contributed by atoms with Gasteiger partial charge < -0.3 is 15.8 Å². The number of rotatable bonds is 2. The molecule has 0 saturated carbocycles. The molecule has 5 nitrogen and oxygen atoms in total. The van der Waals surface area contributed by atoms with E-state index >= 15 is 0 Å². The maximum atomic E-state index is 11.0. The van der Waals surface area contributed by atoms with Gasteiger partial charge in [-0.1, -0.05) is 30.3 Å². The molecule has 0 unspecified atom stereocenters. The maximum absolute atomic E-state index is 11.0. The molecule has 0 amide bonds. The normalized spacial score (nSPS) is 9.71. The Morgan fingerprint density at radius 1 is 1.05 bits per heavy atom. The van der Waals surface area contributed by atoms with Gasteiger partial charge in [0.1, 0.15) is 0 Å². The summed E-state index contributed by atoms with van der Waals surface area (Å²) < 4.78 is 0. The molecular weight excluding hydrogens is 340 g/mol. The molecule has 2 N–H and O–H groups in total. The molecule has 7 heteroatoms. The summed E-state index contributed by atoms with van der Waals surface area (Å²) >= 11 is 0. The number of aromatic amines is 1. The summed E-state index contributed by atoms with van der Waals surface area (Å²) in [4.78, 5) is 13.7. The van der Waals surface area contributed by atoms with Gasteiger partial charge in [-0.05, 0) is 16.8 Å². The van der Waals surface area contributed by atoms with E-state index in [0.29, 0.717) is 6.42 Å². The first kappa shape index (κ1) is 17.5. The number of nitrogens with zero attached hydrogens (tertiary/aromatic N) is 2. The SMILES string of the molecule is [B].[NH-]c1nnc(Cc2ccc(=O)[nH]c2)c2ccccc12.[Y]. The summed E-state index contributed by atoms with van der Waals surface area (Å²) in [5, 5.41) is 9.67. The van der Waals surface area contributed by atoms with Crippen LogP contribution in [0.2, 0.25) is 0 Å². The van der Waals surface area contributed by atoms with Crippen molar-refractivity contribution in [2.45, 2.75) is 6.42 Å². The first-order valence-electron chi connectivity index (χ1n) is 5.87. The molecule has 0 aliphatic rings. The van der Waals surface area contributed by atoms with Crippen LogP contribution < -0.4 is 5.56 Å². The van der Waals surface area contributed by atoms with Crippen molar-refractivity contribution in [1.29, 1.82) is 0 Å². The molecule has 0 bridgehead atoms. The van der Waals surface area contributed by atoms with Gasteiger partial charge in [-0.2, -0.15) is 0 Å². The van der Waals surface area contributed by atoms with Crippen molar-refractivity contribution < 1.29 is 32.7 Å². The fraction of sp³-hybridized carbons (Fsp3) is 0.0714. The molecule has 0 fully saturated rings. The fourth-order valence-electron chi connectivity index (χ4n) is 2.04. The van der Waals surface area contributed by atoms with Crippen molar-refractivity contribution in [3.8, 4) is 0 Å². The summed E-state index contributed by atoms with van der Waals surface area (Å²) in [6.07, 6.45) is 2.25. The molecule has 4 radical (unpaired) electrons. The molecular formula is C14H11BN4OY-. The molecule has 0 atom stereocenters. The van der Waals surface area contributed by atoms with Crippen LogP contribution in [0.1, 0.15) is 11.3 Å². The minimum atomic E-state index is -0.124. The Morgan fingerprint density at radius 3 is 2.43 bits per heavy atom. The smallest absolute Gasteiger partial charge is 0.247 e. The molecule has 0 spiro atoms. The zero-order valence-electron chi connectivity index (χ0n) is 11.2. The molecule has 1 aromatic carbocycles. The summed E-state index contributed by atoms with van der Waals surface area (Å²) in [5.74, 6) is 0.181. The van der Waals surface area contributed by atoms with E-state index in [0.717, 1.165) is 22.0 Å². The van der Waals surface area contributed by atoms with Crippen molar-refractivity contribution in [3.05, 3.63) is 69.9 Å². The van der Waals surface area contributed by atoms with Crippen molar-refractivity contribution in [2.24, 2.45) is 0 Å². The predicted octanol–water partition coefficient (Wildman–Crippen LogP) is 2.21. The van der Waals surface area contributed by atoms with Gasteiger partial charge in [0.05, 0.1) is 5.69 Å². The van der Waals surface area contributed by atoms with E-state index in [1.807, 2.05) is 24.3 Å². The van der Waals surface area contributed by atoms with Gasteiger partial charge in [0.2, 0.25) is 5.56 Å². The summed E-state index contributed by atoms with van der Waals surface area (Å²) in [6.45, 7) is 0. The van der Waals surface area contributed by atoms with Crippen LogP contribution >= 0.6 is 0 Å². The molecule has 2 heterocycles. The molecule has 0 aliphatic heterocycles. The van der Waals surface area contributed by atoms with Crippen LogP contribution in [-0.4, -0.2) is 23.6 Å². The molecule has 0 saturated heterocycles. The fourth-order valence-corrected chi connectivity index (χ4v) is 2.04. The maximum Gasteiger partial charge on any atom is 0.247 e. The first-order chi connectivity index (χ1) is 9.24. The van der Waals surface area contributed by atoms with Gasteiger partial charge in [-0.15, -0.1) is 0 Å². The van der Waals surface area contributed by atoms with Crippen molar-refractivity contribution in [1.82, 2.24) is 15.2 Å². The zero-order chi connectivity index (χ0) is 13.2. The molecule has 100 valence electrons. The Hall–Kier alpha value is -1.52. The second-order valence-corrected chi connectivity index (χ2v) is 4.28. The minimum Gasteiger partial charge on any atom is -0.480 e. The number of hydrogen-bond donors (Lipinski definition) is 1. The number of hydrogen-bond acceptors (Lipinski definition) is 3. The van der Waals surface area contributed by atoms with Gasteiger partial charge in [-0.3, -0.25) is 9.89 Å². The monoisotopic (exact) mass is 351 g/mol. The average Bonchev–Trinajstić information content (AvgIpc) is 2.45. The van der Waals surface area contributed by atoms with Crippen LogP contribution in [0.4, 0.5) is 5.82 Å². The van der Waals surface area contributed by atoms with Crippen LogP contribution in [0.5, 0.6) is 0 Å². The van der Waals surface area contributed by atoms with Crippen LogP contribution in [0.3, 0.4) is 0 Å². The van der Waals surface area contributed by atoms with E-state index in [4.69, 9.17) is 5.73 Å². The van der Waals surface area contributed by atoms with Crippen LogP contribution in [0.15, 0.2) is 47.4 Å². The van der Waals surface area contributed by atoms with E-state index in [1.165, 1.54) is 6.07 Å². The number of aromatic nitrogens is 3. The number of H-pyrrole nitrogens is 1. The average molecular weight is 351 g/mol. The second-order valence-electron chi connectivity index (χ2n) is 4.28. The molecule has 3 rings (SSSR count). The Balaban J connectivity index is 0.00000110. The van der Waals surface area contributed by atoms with Crippen LogP contribution in [-0.2, 0) is 39.1 Å². The minimum absolute atomic E-state index is 0. The second kappa shape index (κ2) is 7.48. The molecule has 2 aromatic heterocycles. The van der Waals surface area contributed by atoms with Crippen molar-refractivity contribution in [2.75, 3.05) is 0 Å². The molecule has 0 aliphatic carbocycles. The Morgan fingerprint density at radius 2 is 1.76 bits per heavy atom. The Bertz CT molecular complexity index is 786. The van der Waals surface area contributed by atoms with Crippen LogP contribution in [0.25, 0.3) is 16.5 Å². The van der Waals surface area contributed by atoms with Crippen molar-refractivity contribution >= 4 is 25.0 Å². The van der Waals surface area contributed by atoms with Crippen molar-refractivity contribution in [3.63, 3.8) is 0 Å². The Labute approximate surface area is 148 Å². The largest absolute Gasteiger partial charge is 0.480 e. The van der Waals surface area contributed by atoms with Gasteiger partial charge in [-0.25, -0.2) is 0 Å². The van der Waals surface area contributed by atoms with Crippen LogP contribution in [0, 0.1) is 0 Å². The van der Waals surface area contributed by atoms with Gasteiger partial charge >= 0.3 is 0 Å². The quantitative estimate of drug-likeness (QED) is 0.719. The number of pyridine rings is 1. The Kier molecular flexibility index (Phi) is 6.24. The third-order valence-electron chi connectivity index (χ3n) is 2.98. The van der Waals surface area contributed by atoms with Gasteiger partial charge in [0.15, 0.2) is 0 Å². The first-order valence-corrected chi connectivity index (χ1v) is 5.87. The number of fused-ring (bicyclic) bond motifs is 1. The summed E-state index contributed by atoms with van der Waals surface area (Å²) in [7, 11) is 0. The predicted molar refractivity (Wildman–Crippen MR) is 79.1 cm³/mol. The standard InChI is InChI=1S/C14H12N4O.B.Y/c15-14-11-4-2-1-3-10(11)12(17-18-14)7-9-5-6-13(19)16-8-9;;/h1-6,8H,7H2,(H3,15,16,18,19);;/p-1. The molecule has 21 heavy (non-hydrogen) atoms. The van der Waals surface area contributed by atoms with E-state index in [2.05, 4.69) is 15.2 Å². The topological polar surface area (TPSA) is 82.4 Å². The number of nitrogens with one attached hydrogen (secondary N) is 2. The zero-order valence-corrected chi connectivity index (χ0v) is 14.0. The summed E-state index contributed by atoms with van der Waals surface area (Å²) in [6, 6.07) is 10.9. The van der Waals surface area contributed by atoms with E-state index in [9.17, 15) is 4.79 Å².